The summed E-state index contributed by atoms with van der Waals surface area (Å²) in [6.45, 7) is 10.0. The molecule has 2 atom stereocenters. The first kappa shape index (κ1) is 20.7. The molecule has 6 nitrogen and oxygen atoms in total. The molecular formula is C21H27ClN2O4. The molecule has 0 radical (unpaired) electrons. The first-order valence-electron chi connectivity index (χ1n) is 9.42. The number of benzene rings is 1. The molecule has 1 aromatic carbocycles. The van der Waals surface area contributed by atoms with E-state index in [0.29, 0.717) is 30.5 Å². The first-order valence-corrected chi connectivity index (χ1v) is 9.80. The van der Waals surface area contributed by atoms with Crippen LogP contribution in [0.3, 0.4) is 0 Å². The zero-order chi connectivity index (χ0) is 20.5. The van der Waals surface area contributed by atoms with Crippen LogP contribution in [0.15, 0.2) is 28.7 Å². The van der Waals surface area contributed by atoms with E-state index < -0.39 is 11.7 Å². The number of carbonyl (C=O) groups excluding carboxylic acids is 1. The SMILES string of the molecule is Cc1nc([C@H]2CN(C(=O)OC(C)(C)C)[C@@H](Cc3ccc(Cl)cc3)CO2)oc1C. The van der Waals surface area contributed by atoms with Crippen molar-refractivity contribution in [1.82, 2.24) is 9.88 Å². The first-order chi connectivity index (χ1) is 13.1. The fourth-order valence-corrected chi connectivity index (χ4v) is 3.21. The fourth-order valence-electron chi connectivity index (χ4n) is 3.09. The van der Waals surface area contributed by atoms with Gasteiger partial charge in [-0.2, -0.15) is 0 Å². The van der Waals surface area contributed by atoms with Gasteiger partial charge in [-0.05, 0) is 58.7 Å². The number of hydrogen-bond acceptors (Lipinski definition) is 5. The Balaban J connectivity index is 1.80. The maximum absolute atomic E-state index is 12.9. The molecule has 0 N–H and O–H groups in total. The Labute approximate surface area is 170 Å². The van der Waals surface area contributed by atoms with Gasteiger partial charge in [-0.15, -0.1) is 0 Å². The molecule has 2 heterocycles. The molecule has 28 heavy (non-hydrogen) atoms. The summed E-state index contributed by atoms with van der Waals surface area (Å²) in [6.07, 6.45) is -0.131. The predicted molar refractivity (Wildman–Crippen MR) is 107 cm³/mol. The van der Waals surface area contributed by atoms with Crippen molar-refractivity contribution in [2.45, 2.75) is 58.8 Å². The van der Waals surface area contributed by atoms with Gasteiger partial charge in [-0.3, -0.25) is 4.90 Å². The number of morpholine rings is 1. The summed E-state index contributed by atoms with van der Waals surface area (Å²) in [6, 6.07) is 7.47. The third-order valence-electron chi connectivity index (χ3n) is 4.63. The maximum atomic E-state index is 12.9. The van der Waals surface area contributed by atoms with Crippen molar-refractivity contribution < 1.29 is 18.7 Å². The molecule has 0 spiro atoms. The molecular weight excluding hydrogens is 380 g/mol. The number of nitrogens with zero attached hydrogens (tertiary/aromatic N) is 2. The molecule has 1 aliphatic heterocycles. The monoisotopic (exact) mass is 406 g/mol. The summed E-state index contributed by atoms with van der Waals surface area (Å²) in [7, 11) is 0. The van der Waals surface area contributed by atoms with Gasteiger partial charge in [0.05, 0.1) is 24.9 Å². The van der Waals surface area contributed by atoms with Crippen LogP contribution in [-0.2, 0) is 15.9 Å². The van der Waals surface area contributed by atoms with Crippen LogP contribution in [0.25, 0.3) is 0 Å². The third-order valence-corrected chi connectivity index (χ3v) is 4.88. The lowest BCUT2D eigenvalue weighted by Crippen LogP contribution is -2.52. The van der Waals surface area contributed by atoms with Crippen LogP contribution in [0.4, 0.5) is 4.79 Å². The highest BCUT2D eigenvalue weighted by atomic mass is 35.5. The summed E-state index contributed by atoms with van der Waals surface area (Å²) >= 11 is 5.98. The van der Waals surface area contributed by atoms with E-state index in [-0.39, 0.29) is 12.1 Å². The van der Waals surface area contributed by atoms with Crippen molar-refractivity contribution in [3.63, 3.8) is 0 Å². The highest BCUT2D eigenvalue weighted by Gasteiger charge is 2.37. The summed E-state index contributed by atoms with van der Waals surface area (Å²) in [5.41, 5.74) is 1.32. The highest BCUT2D eigenvalue weighted by molar-refractivity contribution is 6.30. The zero-order valence-electron chi connectivity index (χ0n) is 17.0. The second-order valence-electron chi connectivity index (χ2n) is 8.13. The van der Waals surface area contributed by atoms with Crippen LogP contribution in [0.1, 0.15) is 49.8 Å². The second-order valence-corrected chi connectivity index (χ2v) is 8.57. The fraction of sp³-hybridized carbons (Fsp3) is 0.524. The average molecular weight is 407 g/mol. The Kier molecular flexibility index (Phi) is 6.01. The normalized spacial score (nSPS) is 20.3. The van der Waals surface area contributed by atoms with Crippen molar-refractivity contribution in [2.75, 3.05) is 13.2 Å². The second kappa shape index (κ2) is 8.13. The Bertz CT molecular complexity index is 806. The number of rotatable bonds is 3. The van der Waals surface area contributed by atoms with Gasteiger partial charge < -0.3 is 13.9 Å². The molecule has 3 rings (SSSR count). The van der Waals surface area contributed by atoms with E-state index in [4.69, 9.17) is 25.5 Å². The summed E-state index contributed by atoms with van der Waals surface area (Å²) < 4.78 is 17.4. The summed E-state index contributed by atoms with van der Waals surface area (Å²) in [5, 5.41) is 0.683. The number of ether oxygens (including phenoxy) is 2. The quantitative estimate of drug-likeness (QED) is 0.727. The van der Waals surface area contributed by atoms with Crippen LogP contribution >= 0.6 is 11.6 Å². The van der Waals surface area contributed by atoms with E-state index in [1.54, 1.807) is 4.90 Å². The molecule has 2 aromatic rings. The number of oxazole rings is 1. The maximum Gasteiger partial charge on any atom is 0.410 e. The number of halogens is 1. The topological polar surface area (TPSA) is 64.8 Å². The van der Waals surface area contributed by atoms with E-state index in [2.05, 4.69) is 4.98 Å². The van der Waals surface area contributed by atoms with Gasteiger partial charge in [-0.25, -0.2) is 9.78 Å². The molecule has 0 bridgehead atoms. The van der Waals surface area contributed by atoms with Crippen LogP contribution in [0.5, 0.6) is 0 Å². The summed E-state index contributed by atoms with van der Waals surface area (Å²) in [4.78, 5) is 19.1. The van der Waals surface area contributed by atoms with Gasteiger partial charge in [0.2, 0.25) is 5.89 Å². The van der Waals surface area contributed by atoms with Gasteiger partial charge >= 0.3 is 6.09 Å². The number of aromatic nitrogens is 1. The smallest absolute Gasteiger partial charge is 0.410 e. The van der Waals surface area contributed by atoms with Crippen molar-refractivity contribution in [3.8, 4) is 0 Å². The number of aryl methyl sites for hydroxylation is 2. The van der Waals surface area contributed by atoms with Gasteiger partial charge in [0, 0.05) is 5.02 Å². The largest absolute Gasteiger partial charge is 0.444 e. The van der Waals surface area contributed by atoms with Crippen molar-refractivity contribution in [1.29, 1.82) is 0 Å². The minimum Gasteiger partial charge on any atom is -0.444 e. The van der Waals surface area contributed by atoms with Crippen LogP contribution < -0.4 is 0 Å². The molecule has 1 amide bonds. The Hall–Kier alpha value is -2.05. The average Bonchev–Trinajstić information content (AvgIpc) is 2.94. The van der Waals surface area contributed by atoms with Gasteiger partial charge in [0.25, 0.3) is 0 Å². The summed E-state index contributed by atoms with van der Waals surface area (Å²) in [5.74, 6) is 1.25. The van der Waals surface area contributed by atoms with Gasteiger partial charge in [-0.1, -0.05) is 23.7 Å². The molecule has 7 heteroatoms. The van der Waals surface area contributed by atoms with E-state index in [1.165, 1.54) is 0 Å². The third kappa shape index (κ3) is 5.06. The van der Waals surface area contributed by atoms with Crippen LogP contribution in [0.2, 0.25) is 5.02 Å². The molecule has 0 aliphatic carbocycles. The van der Waals surface area contributed by atoms with Crippen LogP contribution in [-0.4, -0.2) is 40.8 Å². The zero-order valence-corrected chi connectivity index (χ0v) is 17.7. The highest BCUT2D eigenvalue weighted by Crippen LogP contribution is 2.28. The minimum atomic E-state index is -0.578. The Morgan fingerprint density at radius 3 is 2.54 bits per heavy atom. The number of hydrogen-bond donors (Lipinski definition) is 0. The number of amides is 1. The van der Waals surface area contributed by atoms with Crippen molar-refractivity contribution in [2.24, 2.45) is 0 Å². The molecule has 1 aliphatic rings. The molecule has 0 unspecified atom stereocenters. The lowest BCUT2D eigenvalue weighted by Gasteiger charge is -2.39. The van der Waals surface area contributed by atoms with Crippen LogP contribution in [0, 0.1) is 13.8 Å². The molecule has 1 fully saturated rings. The lowest BCUT2D eigenvalue weighted by atomic mass is 10.0. The van der Waals surface area contributed by atoms with E-state index in [1.807, 2.05) is 58.9 Å². The minimum absolute atomic E-state index is 0.149. The molecule has 152 valence electrons. The molecule has 1 saturated heterocycles. The lowest BCUT2D eigenvalue weighted by molar-refractivity contribution is -0.0791. The van der Waals surface area contributed by atoms with Gasteiger partial charge in [0.1, 0.15) is 11.4 Å². The molecule has 1 aromatic heterocycles. The van der Waals surface area contributed by atoms with E-state index >= 15 is 0 Å². The van der Waals surface area contributed by atoms with Gasteiger partial charge in [0.15, 0.2) is 6.10 Å². The van der Waals surface area contributed by atoms with E-state index in [0.717, 1.165) is 17.0 Å². The standard InChI is InChI=1S/C21H27ClN2O4/c1-13-14(2)27-19(23-13)18-11-24(20(25)28-21(3,4)5)17(12-26-18)10-15-6-8-16(22)9-7-15/h6-9,17-18H,10-12H2,1-5H3/t17-,18+/m0/s1. The van der Waals surface area contributed by atoms with Crippen molar-refractivity contribution >= 4 is 17.7 Å². The predicted octanol–water partition coefficient (Wildman–Crippen LogP) is 4.86. The van der Waals surface area contributed by atoms with Crippen molar-refractivity contribution in [3.05, 3.63) is 52.2 Å². The number of carbonyl (C=O) groups is 1. The molecule has 0 saturated carbocycles. The Morgan fingerprint density at radius 2 is 1.96 bits per heavy atom. The van der Waals surface area contributed by atoms with E-state index in [9.17, 15) is 4.79 Å². The Morgan fingerprint density at radius 1 is 1.29 bits per heavy atom.